The Morgan fingerprint density at radius 3 is 2.26 bits per heavy atom. The predicted molar refractivity (Wildman–Crippen MR) is 94.0 cm³/mol. The lowest BCUT2D eigenvalue weighted by molar-refractivity contribution is -0.137. The Kier molecular flexibility index (Phi) is 4.43. The number of sulfonamides is 1. The van der Waals surface area contributed by atoms with Gasteiger partial charge in [0.15, 0.2) is 0 Å². The number of fused-ring (bicyclic) bond motifs is 1. The molecule has 0 saturated heterocycles. The van der Waals surface area contributed by atoms with Crippen LogP contribution in [0.25, 0.3) is 0 Å². The second-order valence-corrected chi connectivity index (χ2v) is 9.10. The predicted octanol–water partition coefficient (Wildman–Crippen LogP) is 4.35. The Labute approximate surface area is 155 Å². The molecule has 1 aliphatic heterocycles. The van der Waals surface area contributed by atoms with E-state index in [1.54, 1.807) is 12.1 Å². The average Bonchev–Trinajstić information content (AvgIpc) is 3.46. The lowest BCUT2D eigenvalue weighted by Gasteiger charge is -2.28. The number of halogens is 3. The molecule has 2 aliphatic rings. The first-order valence-corrected chi connectivity index (χ1v) is 10.2. The SMILES string of the molecule is O=S(=O)(C1CC1)N1CCc2ccc(Oc3ccc(C(F)(F)F)cc3)cc2C1. The van der Waals surface area contributed by atoms with Crippen molar-refractivity contribution < 1.29 is 26.3 Å². The Bertz CT molecular complexity index is 951. The molecule has 0 amide bonds. The number of ether oxygens (including phenoxy) is 1. The van der Waals surface area contributed by atoms with Crippen LogP contribution in [0.3, 0.4) is 0 Å². The fourth-order valence-corrected chi connectivity index (χ4v) is 5.03. The van der Waals surface area contributed by atoms with Crippen LogP contribution >= 0.6 is 0 Å². The van der Waals surface area contributed by atoms with Crippen molar-refractivity contribution >= 4 is 10.0 Å². The summed E-state index contributed by atoms with van der Waals surface area (Å²) in [5, 5.41) is -0.245. The number of hydrogen-bond donors (Lipinski definition) is 0. The van der Waals surface area contributed by atoms with E-state index in [1.807, 2.05) is 6.07 Å². The molecule has 0 radical (unpaired) electrons. The monoisotopic (exact) mass is 397 g/mol. The van der Waals surface area contributed by atoms with Gasteiger partial charge in [0.25, 0.3) is 0 Å². The molecular weight excluding hydrogens is 379 g/mol. The summed E-state index contributed by atoms with van der Waals surface area (Å²) >= 11 is 0. The minimum Gasteiger partial charge on any atom is -0.457 e. The van der Waals surface area contributed by atoms with E-state index < -0.39 is 21.8 Å². The summed E-state index contributed by atoms with van der Waals surface area (Å²) in [4.78, 5) is 0. The first-order valence-electron chi connectivity index (χ1n) is 8.69. The largest absolute Gasteiger partial charge is 0.457 e. The van der Waals surface area contributed by atoms with Crippen LogP contribution < -0.4 is 4.74 Å². The molecule has 144 valence electrons. The molecule has 1 fully saturated rings. The summed E-state index contributed by atoms with van der Waals surface area (Å²) in [6.45, 7) is 0.781. The quantitative estimate of drug-likeness (QED) is 0.771. The van der Waals surface area contributed by atoms with Crippen molar-refractivity contribution in [1.82, 2.24) is 4.31 Å². The van der Waals surface area contributed by atoms with Gasteiger partial charge in [-0.2, -0.15) is 17.5 Å². The van der Waals surface area contributed by atoms with Gasteiger partial charge in [-0.05, 0) is 66.8 Å². The zero-order valence-corrected chi connectivity index (χ0v) is 15.2. The van der Waals surface area contributed by atoms with E-state index in [2.05, 4.69) is 0 Å². The highest BCUT2D eigenvalue weighted by atomic mass is 32.2. The summed E-state index contributed by atoms with van der Waals surface area (Å²) in [6.07, 6.45) is -2.30. The summed E-state index contributed by atoms with van der Waals surface area (Å²) < 4.78 is 70.0. The minimum atomic E-state index is -4.39. The normalized spacial score (nSPS) is 18.2. The van der Waals surface area contributed by atoms with Crippen LogP contribution in [0.15, 0.2) is 42.5 Å². The lowest BCUT2D eigenvalue weighted by atomic mass is 10.0. The maximum Gasteiger partial charge on any atom is 0.416 e. The molecule has 1 saturated carbocycles. The molecule has 0 atom stereocenters. The van der Waals surface area contributed by atoms with E-state index in [4.69, 9.17) is 4.74 Å². The molecule has 2 aromatic carbocycles. The Hall–Kier alpha value is -2.06. The van der Waals surface area contributed by atoms with Crippen LogP contribution in [0.5, 0.6) is 11.5 Å². The molecule has 0 spiro atoms. The van der Waals surface area contributed by atoms with Crippen LogP contribution in [0.1, 0.15) is 29.5 Å². The molecule has 8 heteroatoms. The number of nitrogens with zero attached hydrogens (tertiary/aromatic N) is 1. The molecule has 4 rings (SSSR count). The molecule has 0 N–H and O–H groups in total. The summed E-state index contributed by atoms with van der Waals surface area (Å²) in [7, 11) is -3.24. The number of alkyl halides is 3. The summed E-state index contributed by atoms with van der Waals surface area (Å²) in [5.74, 6) is 0.764. The second kappa shape index (κ2) is 6.53. The number of rotatable bonds is 4. The van der Waals surface area contributed by atoms with Gasteiger partial charge >= 0.3 is 6.18 Å². The third kappa shape index (κ3) is 3.82. The zero-order valence-electron chi connectivity index (χ0n) is 14.4. The fraction of sp³-hybridized carbons (Fsp3) is 0.368. The third-order valence-corrected chi connectivity index (χ3v) is 7.22. The van der Waals surface area contributed by atoms with Crippen LogP contribution in [-0.2, 0) is 29.2 Å². The van der Waals surface area contributed by atoms with Gasteiger partial charge in [0.1, 0.15) is 11.5 Å². The Morgan fingerprint density at radius 1 is 0.963 bits per heavy atom. The Balaban J connectivity index is 1.51. The van der Waals surface area contributed by atoms with Crippen molar-refractivity contribution in [3.05, 3.63) is 59.2 Å². The topological polar surface area (TPSA) is 46.6 Å². The number of benzene rings is 2. The third-order valence-electron chi connectivity index (χ3n) is 4.88. The lowest BCUT2D eigenvalue weighted by Crippen LogP contribution is -2.37. The van der Waals surface area contributed by atoms with Crippen molar-refractivity contribution in [1.29, 1.82) is 0 Å². The standard InChI is InChI=1S/C19H18F3NO3S/c20-19(21,22)15-2-5-16(6-3-15)26-17-4-1-13-9-10-23(12-14(13)11-17)27(24,25)18-7-8-18/h1-6,11,18H,7-10,12H2. The van der Waals surface area contributed by atoms with Crippen molar-refractivity contribution in [3.63, 3.8) is 0 Å². The molecule has 0 bridgehead atoms. The summed E-state index contributed by atoms with van der Waals surface area (Å²) in [5.41, 5.74) is 1.20. The van der Waals surface area contributed by atoms with Gasteiger partial charge in [-0.3, -0.25) is 0 Å². The van der Waals surface area contributed by atoms with Crippen molar-refractivity contribution in [2.24, 2.45) is 0 Å². The van der Waals surface area contributed by atoms with Gasteiger partial charge in [0.05, 0.1) is 10.8 Å². The van der Waals surface area contributed by atoms with Gasteiger partial charge < -0.3 is 4.74 Å². The number of hydrogen-bond acceptors (Lipinski definition) is 3. The first-order chi connectivity index (χ1) is 12.7. The molecule has 0 unspecified atom stereocenters. The van der Waals surface area contributed by atoms with Gasteiger partial charge in [-0.25, -0.2) is 8.42 Å². The van der Waals surface area contributed by atoms with Crippen molar-refractivity contribution in [2.45, 2.75) is 37.2 Å². The van der Waals surface area contributed by atoms with Gasteiger partial charge in [0, 0.05) is 13.1 Å². The first kappa shape index (κ1) is 18.3. The van der Waals surface area contributed by atoms with E-state index in [0.717, 1.165) is 36.1 Å². The molecule has 27 heavy (non-hydrogen) atoms. The molecule has 4 nitrogen and oxygen atoms in total. The molecule has 1 aliphatic carbocycles. The molecule has 2 aromatic rings. The smallest absolute Gasteiger partial charge is 0.416 e. The highest BCUT2D eigenvalue weighted by Gasteiger charge is 2.41. The summed E-state index contributed by atoms with van der Waals surface area (Å²) in [6, 6.07) is 9.88. The van der Waals surface area contributed by atoms with Gasteiger partial charge in [-0.1, -0.05) is 6.07 Å². The van der Waals surface area contributed by atoms with Crippen LogP contribution in [0.4, 0.5) is 13.2 Å². The average molecular weight is 397 g/mol. The van der Waals surface area contributed by atoms with E-state index >= 15 is 0 Å². The van der Waals surface area contributed by atoms with E-state index in [-0.39, 0.29) is 5.25 Å². The van der Waals surface area contributed by atoms with E-state index in [9.17, 15) is 21.6 Å². The van der Waals surface area contributed by atoms with Crippen molar-refractivity contribution in [2.75, 3.05) is 6.54 Å². The molecule has 0 aromatic heterocycles. The van der Waals surface area contributed by atoms with Crippen LogP contribution in [-0.4, -0.2) is 24.5 Å². The van der Waals surface area contributed by atoms with Crippen LogP contribution in [0, 0.1) is 0 Å². The van der Waals surface area contributed by atoms with Gasteiger partial charge in [0.2, 0.25) is 10.0 Å². The second-order valence-electron chi connectivity index (χ2n) is 6.88. The Morgan fingerprint density at radius 2 is 1.63 bits per heavy atom. The minimum absolute atomic E-state index is 0.245. The molecular formula is C19H18F3NO3S. The van der Waals surface area contributed by atoms with E-state index in [0.29, 0.717) is 31.0 Å². The highest BCUT2D eigenvalue weighted by Crippen LogP contribution is 2.35. The fourth-order valence-electron chi connectivity index (χ4n) is 3.21. The molecule has 1 heterocycles. The highest BCUT2D eigenvalue weighted by molar-refractivity contribution is 7.90. The zero-order chi connectivity index (χ0) is 19.2. The maximum absolute atomic E-state index is 12.6. The maximum atomic E-state index is 12.6. The van der Waals surface area contributed by atoms with Crippen molar-refractivity contribution in [3.8, 4) is 11.5 Å². The van der Waals surface area contributed by atoms with E-state index in [1.165, 1.54) is 16.4 Å². The van der Waals surface area contributed by atoms with Gasteiger partial charge in [-0.15, -0.1) is 0 Å². The van der Waals surface area contributed by atoms with Crippen LogP contribution in [0.2, 0.25) is 0 Å².